The Morgan fingerprint density at radius 1 is 1.53 bits per heavy atom. The molecule has 1 aliphatic rings. The molecule has 1 heterocycles. The summed E-state index contributed by atoms with van der Waals surface area (Å²) in [6.07, 6.45) is 3.37. The average Bonchev–Trinajstić information content (AvgIpc) is 2.26. The summed E-state index contributed by atoms with van der Waals surface area (Å²) >= 11 is 0. The number of carboxylic acids is 1. The second-order valence-electron chi connectivity index (χ2n) is 4.43. The van der Waals surface area contributed by atoms with E-state index in [2.05, 4.69) is 24.2 Å². The molecule has 1 atom stereocenters. The number of piperidine rings is 1. The van der Waals surface area contributed by atoms with Crippen LogP contribution in [0.5, 0.6) is 0 Å². The zero-order valence-electron chi connectivity index (χ0n) is 9.70. The number of hydrogen-bond donors (Lipinski definition) is 2. The van der Waals surface area contributed by atoms with Gasteiger partial charge in [0.25, 0.3) is 0 Å². The molecule has 0 aromatic heterocycles. The van der Waals surface area contributed by atoms with Crippen LogP contribution in [0.3, 0.4) is 0 Å². The third-order valence-electron chi connectivity index (χ3n) is 3.36. The van der Waals surface area contributed by atoms with Gasteiger partial charge in [0, 0.05) is 18.5 Å². The van der Waals surface area contributed by atoms with Crippen molar-refractivity contribution in [3.63, 3.8) is 0 Å². The first kappa shape index (κ1) is 12.5. The van der Waals surface area contributed by atoms with E-state index in [9.17, 15) is 4.79 Å². The fraction of sp³-hybridized carbons (Fsp3) is 0.909. The highest BCUT2D eigenvalue weighted by Gasteiger charge is 2.21. The van der Waals surface area contributed by atoms with Gasteiger partial charge in [-0.2, -0.15) is 0 Å². The monoisotopic (exact) mass is 214 g/mol. The second kappa shape index (κ2) is 6.08. The van der Waals surface area contributed by atoms with E-state index in [1.165, 1.54) is 12.8 Å². The molecule has 15 heavy (non-hydrogen) atoms. The second-order valence-corrected chi connectivity index (χ2v) is 4.43. The molecule has 0 spiro atoms. The first-order chi connectivity index (χ1) is 7.11. The van der Waals surface area contributed by atoms with Crippen LogP contribution < -0.4 is 5.32 Å². The maximum atomic E-state index is 10.5. The summed E-state index contributed by atoms with van der Waals surface area (Å²) in [6, 6.07) is 0.985. The van der Waals surface area contributed by atoms with E-state index in [0.29, 0.717) is 12.1 Å². The molecule has 1 fully saturated rings. The predicted octanol–water partition coefficient (Wildman–Crippen LogP) is 0.923. The van der Waals surface area contributed by atoms with E-state index >= 15 is 0 Å². The van der Waals surface area contributed by atoms with Crippen molar-refractivity contribution in [2.45, 2.75) is 44.7 Å². The third kappa shape index (κ3) is 4.18. The molecule has 88 valence electrons. The van der Waals surface area contributed by atoms with E-state index in [1.54, 1.807) is 0 Å². The molecule has 4 heteroatoms. The van der Waals surface area contributed by atoms with Crippen molar-refractivity contribution < 1.29 is 9.90 Å². The highest BCUT2D eigenvalue weighted by molar-refractivity contribution is 5.66. The lowest BCUT2D eigenvalue weighted by molar-refractivity contribution is -0.137. The molecule has 0 aromatic carbocycles. The summed E-state index contributed by atoms with van der Waals surface area (Å²) in [4.78, 5) is 12.8. The minimum absolute atomic E-state index is 0.274. The third-order valence-corrected chi connectivity index (χ3v) is 3.36. The zero-order chi connectivity index (χ0) is 11.3. The Kier molecular flexibility index (Phi) is 5.05. The normalized spacial score (nSPS) is 20.5. The number of nitrogens with one attached hydrogen (secondary N) is 1. The van der Waals surface area contributed by atoms with Crippen LogP contribution in [-0.4, -0.2) is 48.2 Å². The Hall–Kier alpha value is -0.610. The topological polar surface area (TPSA) is 52.6 Å². The molecule has 4 nitrogen and oxygen atoms in total. The van der Waals surface area contributed by atoms with Gasteiger partial charge in [0.1, 0.15) is 0 Å². The average molecular weight is 214 g/mol. The summed E-state index contributed by atoms with van der Waals surface area (Å²) in [5, 5.41) is 12.0. The standard InChI is InChI=1S/C11H22N2O2/c1-9(3-4-11(14)15)13(2)10-5-7-12-8-6-10/h9-10,12H,3-8H2,1-2H3,(H,14,15). The van der Waals surface area contributed by atoms with Gasteiger partial charge < -0.3 is 15.3 Å². The van der Waals surface area contributed by atoms with E-state index < -0.39 is 5.97 Å². The van der Waals surface area contributed by atoms with E-state index in [4.69, 9.17) is 5.11 Å². The molecule has 1 unspecified atom stereocenters. The first-order valence-corrected chi connectivity index (χ1v) is 5.75. The number of aliphatic carboxylic acids is 1. The Bertz CT molecular complexity index is 203. The van der Waals surface area contributed by atoms with E-state index in [0.717, 1.165) is 19.5 Å². The lowest BCUT2D eigenvalue weighted by Gasteiger charge is -2.35. The van der Waals surface area contributed by atoms with Crippen LogP contribution >= 0.6 is 0 Å². The molecule has 1 aliphatic heterocycles. The minimum Gasteiger partial charge on any atom is -0.481 e. The van der Waals surface area contributed by atoms with Gasteiger partial charge in [-0.3, -0.25) is 4.79 Å². The lowest BCUT2D eigenvalue weighted by Crippen LogP contribution is -2.45. The van der Waals surface area contributed by atoms with Gasteiger partial charge in [0.2, 0.25) is 0 Å². The molecule has 0 aliphatic carbocycles. The van der Waals surface area contributed by atoms with Crippen LogP contribution in [0, 0.1) is 0 Å². The summed E-state index contributed by atoms with van der Waals surface area (Å²) in [5.74, 6) is -0.694. The molecule has 0 radical (unpaired) electrons. The highest BCUT2D eigenvalue weighted by atomic mass is 16.4. The summed E-state index contributed by atoms with van der Waals surface area (Å²) in [7, 11) is 2.11. The highest BCUT2D eigenvalue weighted by Crippen LogP contribution is 2.15. The fourth-order valence-corrected chi connectivity index (χ4v) is 2.11. The van der Waals surface area contributed by atoms with Crippen molar-refractivity contribution in [2.75, 3.05) is 20.1 Å². The van der Waals surface area contributed by atoms with Crippen molar-refractivity contribution in [1.29, 1.82) is 0 Å². The summed E-state index contributed by atoms with van der Waals surface area (Å²) in [6.45, 7) is 4.28. The SMILES string of the molecule is CC(CCC(=O)O)N(C)C1CCNCC1. The molecular weight excluding hydrogens is 192 g/mol. The molecule has 1 saturated heterocycles. The van der Waals surface area contributed by atoms with Crippen molar-refractivity contribution in [3.8, 4) is 0 Å². The molecule has 0 saturated carbocycles. The van der Waals surface area contributed by atoms with Gasteiger partial charge in [-0.25, -0.2) is 0 Å². The predicted molar refractivity (Wildman–Crippen MR) is 60.0 cm³/mol. The Morgan fingerprint density at radius 2 is 2.13 bits per heavy atom. The van der Waals surface area contributed by atoms with E-state index in [-0.39, 0.29) is 6.42 Å². The Labute approximate surface area is 91.6 Å². The number of nitrogens with zero attached hydrogens (tertiary/aromatic N) is 1. The van der Waals surface area contributed by atoms with Crippen molar-refractivity contribution in [3.05, 3.63) is 0 Å². The largest absolute Gasteiger partial charge is 0.481 e. The molecule has 0 bridgehead atoms. The summed E-state index contributed by atoms with van der Waals surface area (Å²) in [5.41, 5.74) is 0. The molecular formula is C11H22N2O2. The maximum Gasteiger partial charge on any atom is 0.303 e. The Balaban J connectivity index is 2.30. The van der Waals surface area contributed by atoms with Crippen LogP contribution in [0.25, 0.3) is 0 Å². The van der Waals surface area contributed by atoms with Gasteiger partial charge in [0.05, 0.1) is 0 Å². The van der Waals surface area contributed by atoms with Gasteiger partial charge in [-0.15, -0.1) is 0 Å². The van der Waals surface area contributed by atoms with Crippen LogP contribution in [-0.2, 0) is 4.79 Å². The zero-order valence-corrected chi connectivity index (χ0v) is 9.70. The van der Waals surface area contributed by atoms with Crippen molar-refractivity contribution >= 4 is 5.97 Å². The Morgan fingerprint density at radius 3 is 2.67 bits per heavy atom. The quantitative estimate of drug-likeness (QED) is 0.714. The maximum absolute atomic E-state index is 10.5. The lowest BCUT2D eigenvalue weighted by atomic mass is 10.0. The van der Waals surface area contributed by atoms with Gasteiger partial charge >= 0.3 is 5.97 Å². The first-order valence-electron chi connectivity index (χ1n) is 5.75. The number of hydrogen-bond acceptors (Lipinski definition) is 3. The van der Waals surface area contributed by atoms with Crippen LogP contribution in [0.2, 0.25) is 0 Å². The van der Waals surface area contributed by atoms with Crippen LogP contribution in [0.1, 0.15) is 32.6 Å². The van der Waals surface area contributed by atoms with Gasteiger partial charge in [-0.1, -0.05) is 0 Å². The van der Waals surface area contributed by atoms with Crippen LogP contribution in [0.4, 0.5) is 0 Å². The van der Waals surface area contributed by atoms with Gasteiger partial charge in [-0.05, 0) is 46.3 Å². The molecule has 1 rings (SSSR count). The number of carbonyl (C=O) groups is 1. The number of carboxylic acid groups (broad SMARTS) is 1. The molecule has 0 aromatic rings. The van der Waals surface area contributed by atoms with Crippen LogP contribution in [0.15, 0.2) is 0 Å². The van der Waals surface area contributed by atoms with Crippen molar-refractivity contribution in [1.82, 2.24) is 10.2 Å². The smallest absolute Gasteiger partial charge is 0.303 e. The summed E-state index contributed by atoms with van der Waals surface area (Å²) < 4.78 is 0. The fourth-order valence-electron chi connectivity index (χ4n) is 2.11. The minimum atomic E-state index is -0.694. The molecule has 2 N–H and O–H groups in total. The number of rotatable bonds is 5. The van der Waals surface area contributed by atoms with Gasteiger partial charge in [0.15, 0.2) is 0 Å². The van der Waals surface area contributed by atoms with Crippen molar-refractivity contribution in [2.24, 2.45) is 0 Å². The van der Waals surface area contributed by atoms with E-state index in [1.807, 2.05) is 0 Å². The molecule has 0 amide bonds.